The Morgan fingerprint density at radius 2 is 1.80 bits per heavy atom. The van der Waals surface area contributed by atoms with E-state index in [2.05, 4.69) is 20.4 Å². The molecule has 150 valence electrons. The van der Waals surface area contributed by atoms with Gasteiger partial charge >= 0.3 is 0 Å². The summed E-state index contributed by atoms with van der Waals surface area (Å²) in [5.74, 6) is -0.0186. The van der Waals surface area contributed by atoms with E-state index in [0.717, 1.165) is 11.1 Å². The topological polar surface area (TPSA) is 89.8 Å². The molecule has 0 bridgehead atoms. The first-order valence-electron chi connectivity index (χ1n) is 8.99. The highest BCUT2D eigenvalue weighted by Gasteiger charge is 2.13. The van der Waals surface area contributed by atoms with Crippen LogP contribution >= 0.6 is 23.4 Å². The zero-order valence-electron chi connectivity index (χ0n) is 15.9. The van der Waals surface area contributed by atoms with Crippen molar-refractivity contribution < 1.29 is 9.59 Å². The number of anilines is 1. The Hall–Kier alpha value is -3.23. The second kappa shape index (κ2) is 8.64. The molecule has 2 aromatic heterocycles. The van der Waals surface area contributed by atoms with E-state index >= 15 is 0 Å². The van der Waals surface area contributed by atoms with Crippen molar-refractivity contribution in [1.29, 1.82) is 0 Å². The van der Waals surface area contributed by atoms with E-state index in [9.17, 15) is 9.59 Å². The van der Waals surface area contributed by atoms with Gasteiger partial charge in [0.1, 0.15) is 11.4 Å². The number of nitrogens with one attached hydrogen (secondary N) is 1. The number of hydrogen-bond acceptors (Lipinski definition) is 6. The smallest absolute Gasteiger partial charge is 0.234 e. The summed E-state index contributed by atoms with van der Waals surface area (Å²) in [5.41, 5.74) is 2.71. The molecule has 0 aliphatic rings. The summed E-state index contributed by atoms with van der Waals surface area (Å²) >= 11 is 7.26. The fraction of sp³-hybridized carbons (Fsp3) is 0.0952. The molecular formula is C21H16ClN5O2S. The zero-order chi connectivity index (χ0) is 21.1. The van der Waals surface area contributed by atoms with Crippen LogP contribution in [0.25, 0.3) is 16.7 Å². The molecule has 9 heteroatoms. The van der Waals surface area contributed by atoms with Crippen LogP contribution in [0.2, 0.25) is 5.02 Å². The van der Waals surface area contributed by atoms with Crippen LogP contribution in [0.3, 0.4) is 0 Å². The van der Waals surface area contributed by atoms with Gasteiger partial charge < -0.3 is 5.32 Å². The van der Waals surface area contributed by atoms with E-state index < -0.39 is 0 Å². The van der Waals surface area contributed by atoms with Crippen molar-refractivity contribution in [2.24, 2.45) is 0 Å². The van der Waals surface area contributed by atoms with Crippen molar-refractivity contribution >= 4 is 51.8 Å². The van der Waals surface area contributed by atoms with Crippen molar-refractivity contribution in [3.8, 4) is 5.69 Å². The summed E-state index contributed by atoms with van der Waals surface area (Å²) in [5, 5.41) is 9.29. The summed E-state index contributed by atoms with van der Waals surface area (Å²) < 4.78 is 1.70. The third-order valence-electron chi connectivity index (χ3n) is 4.32. The van der Waals surface area contributed by atoms with E-state index in [1.807, 2.05) is 12.1 Å². The highest BCUT2D eigenvalue weighted by molar-refractivity contribution is 8.00. The third-order valence-corrected chi connectivity index (χ3v) is 5.57. The molecule has 0 saturated carbocycles. The monoisotopic (exact) mass is 437 g/mol. The van der Waals surface area contributed by atoms with Crippen LogP contribution in [0.5, 0.6) is 0 Å². The second-order valence-corrected chi connectivity index (χ2v) is 7.82. The molecule has 0 aliphatic carbocycles. The number of rotatable bonds is 6. The first-order valence-corrected chi connectivity index (χ1v) is 10.4. The Balaban J connectivity index is 1.47. The molecule has 0 atom stereocenters. The SMILES string of the molecule is CC(=O)c1ccc(NC(=O)CSc2ncnc3c2cnn3-c2ccc(Cl)cc2)cc1. The van der Waals surface area contributed by atoms with Gasteiger partial charge in [0.25, 0.3) is 0 Å². The quantitative estimate of drug-likeness (QED) is 0.273. The molecule has 0 aliphatic heterocycles. The lowest BCUT2D eigenvalue weighted by atomic mass is 10.1. The zero-order valence-corrected chi connectivity index (χ0v) is 17.4. The van der Waals surface area contributed by atoms with Crippen molar-refractivity contribution in [3.63, 3.8) is 0 Å². The Labute approximate surface area is 181 Å². The minimum atomic E-state index is -0.174. The maximum absolute atomic E-state index is 12.3. The average Bonchev–Trinajstić information content (AvgIpc) is 3.18. The van der Waals surface area contributed by atoms with Gasteiger partial charge in [0, 0.05) is 16.3 Å². The van der Waals surface area contributed by atoms with Gasteiger partial charge in [0.05, 0.1) is 23.0 Å². The first-order chi connectivity index (χ1) is 14.5. The standard InChI is InChI=1S/C21H16ClN5O2S/c1-13(28)14-2-6-16(7-3-14)26-19(29)11-30-21-18-10-25-27(20(18)23-12-24-21)17-8-4-15(22)5-9-17/h2-10,12H,11H2,1H3,(H,26,29). The van der Waals surface area contributed by atoms with Gasteiger partial charge in [-0.3, -0.25) is 9.59 Å². The van der Waals surface area contributed by atoms with Gasteiger partial charge in [-0.15, -0.1) is 0 Å². The Kier molecular flexibility index (Phi) is 5.78. The summed E-state index contributed by atoms with van der Waals surface area (Å²) in [6.45, 7) is 1.50. The van der Waals surface area contributed by atoms with E-state index in [1.165, 1.54) is 25.0 Å². The van der Waals surface area contributed by atoms with Crippen LogP contribution in [0.1, 0.15) is 17.3 Å². The molecule has 4 aromatic rings. The van der Waals surface area contributed by atoms with Gasteiger partial charge in [-0.05, 0) is 55.5 Å². The molecule has 30 heavy (non-hydrogen) atoms. The predicted molar refractivity (Wildman–Crippen MR) is 117 cm³/mol. The number of carbonyl (C=O) groups is 2. The number of hydrogen-bond donors (Lipinski definition) is 1. The number of carbonyl (C=O) groups excluding carboxylic acids is 2. The molecule has 2 heterocycles. The molecule has 0 spiro atoms. The normalized spacial score (nSPS) is 10.9. The van der Waals surface area contributed by atoms with Crippen LogP contribution in [0, 0.1) is 0 Å². The minimum absolute atomic E-state index is 0.0182. The average molecular weight is 438 g/mol. The molecule has 0 radical (unpaired) electrons. The molecule has 0 fully saturated rings. The maximum Gasteiger partial charge on any atom is 0.234 e. The molecular weight excluding hydrogens is 422 g/mol. The van der Waals surface area contributed by atoms with Crippen molar-refractivity contribution in [2.45, 2.75) is 11.9 Å². The summed E-state index contributed by atoms with van der Waals surface area (Å²) in [7, 11) is 0. The summed E-state index contributed by atoms with van der Waals surface area (Å²) in [6.07, 6.45) is 3.14. The number of benzene rings is 2. The second-order valence-electron chi connectivity index (χ2n) is 6.42. The van der Waals surface area contributed by atoms with E-state index in [4.69, 9.17) is 11.6 Å². The molecule has 0 unspecified atom stereocenters. The lowest BCUT2D eigenvalue weighted by molar-refractivity contribution is -0.113. The van der Waals surface area contributed by atoms with Crippen LogP contribution in [0.15, 0.2) is 66.1 Å². The molecule has 2 aromatic carbocycles. The fourth-order valence-electron chi connectivity index (χ4n) is 2.83. The minimum Gasteiger partial charge on any atom is -0.325 e. The van der Waals surface area contributed by atoms with E-state index in [-0.39, 0.29) is 17.4 Å². The maximum atomic E-state index is 12.3. The lowest BCUT2D eigenvalue weighted by Crippen LogP contribution is -2.14. The Morgan fingerprint density at radius 3 is 2.50 bits per heavy atom. The van der Waals surface area contributed by atoms with Gasteiger partial charge in [-0.2, -0.15) is 5.10 Å². The predicted octanol–water partition coefficient (Wildman–Crippen LogP) is 4.40. The number of nitrogens with zero attached hydrogens (tertiary/aromatic N) is 4. The molecule has 1 amide bonds. The summed E-state index contributed by atoms with van der Waals surface area (Å²) in [4.78, 5) is 32.3. The van der Waals surface area contributed by atoms with Gasteiger partial charge in [-0.25, -0.2) is 14.6 Å². The Morgan fingerprint density at radius 1 is 1.07 bits per heavy atom. The van der Waals surface area contributed by atoms with E-state index in [1.54, 1.807) is 47.3 Å². The fourth-order valence-corrected chi connectivity index (χ4v) is 3.72. The Bertz CT molecular complexity index is 1220. The molecule has 7 nitrogen and oxygen atoms in total. The van der Waals surface area contributed by atoms with Crippen molar-refractivity contribution in [1.82, 2.24) is 19.7 Å². The van der Waals surface area contributed by atoms with Crippen molar-refractivity contribution in [2.75, 3.05) is 11.1 Å². The highest BCUT2D eigenvalue weighted by Crippen LogP contribution is 2.26. The number of aromatic nitrogens is 4. The highest BCUT2D eigenvalue weighted by atomic mass is 35.5. The van der Waals surface area contributed by atoms with E-state index in [0.29, 0.717) is 26.9 Å². The van der Waals surface area contributed by atoms with Gasteiger partial charge in [0.15, 0.2) is 11.4 Å². The van der Waals surface area contributed by atoms with Gasteiger partial charge in [-0.1, -0.05) is 23.4 Å². The van der Waals surface area contributed by atoms with Crippen LogP contribution in [0.4, 0.5) is 5.69 Å². The number of ketones is 1. The number of Topliss-reactive ketones (excluding diaryl/α,β-unsaturated/α-hetero) is 1. The lowest BCUT2D eigenvalue weighted by Gasteiger charge is -2.06. The molecule has 4 rings (SSSR count). The van der Waals surface area contributed by atoms with Crippen LogP contribution in [-0.4, -0.2) is 37.2 Å². The number of halogens is 1. The van der Waals surface area contributed by atoms with Crippen LogP contribution in [-0.2, 0) is 4.79 Å². The molecule has 1 N–H and O–H groups in total. The summed E-state index contributed by atoms with van der Waals surface area (Å²) in [6, 6.07) is 14.1. The largest absolute Gasteiger partial charge is 0.325 e. The first kappa shape index (κ1) is 20.1. The number of thioether (sulfide) groups is 1. The number of amides is 1. The molecule has 0 saturated heterocycles. The van der Waals surface area contributed by atoms with Crippen molar-refractivity contribution in [3.05, 3.63) is 71.6 Å². The van der Waals surface area contributed by atoms with Gasteiger partial charge in [0.2, 0.25) is 5.91 Å². The number of fused-ring (bicyclic) bond motifs is 1. The van der Waals surface area contributed by atoms with Crippen LogP contribution < -0.4 is 5.32 Å². The third kappa shape index (κ3) is 4.34.